The molecule has 1 N–H and O–H groups in total. The summed E-state index contributed by atoms with van der Waals surface area (Å²) >= 11 is 1.59. The maximum Gasteiger partial charge on any atom is 0.335 e. The molecule has 5 nitrogen and oxygen atoms in total. The molecular weight excluding hydrogens is 376 g/mol. The molecule has 0 radical (unpaired) electrons. The third-order valence-corrected chi connectivity index (χ3v) is 5.07. The zero-order valence-corrected chi connectivity index (χ0v) is 16.2. The topological polar surface area (TPSA) is 72.8 Å². The van der Waals surface area contributed by atoms with Gasteiger partial charge in [0.25, 0.3) is 0 Å². The van der Waals surface area contributed by atoms with Gasteiger partial charge in [-0.1, -0.05) is 18.2 Å². The number of benzene rings is 2. The molecule has 0 atom stereocenters. The van der Waals surface area contributed by atoms with Crippen LogP contribution >= 0.6 is 11.3 Å². The molecule has 0 bridgehead atoms. The molecule has 1 heterocycles. The Hall–Kier alpha value is -3.38. The van der Waals surface area contributed by atoms with E-state index in [0.29, 0.717) is 17.1 Å². The van der Waals surface area contributed by atoms with Crippen molar-refractivity contribution in [1.82, 2.24) is 0 Å². The Labute approximate surface area is 166 Å². The summed E-state index contributed by atoms with van der Waals surface area (Å²) in [6.45, 7) is 0. The first-order valence-electron chi connectivity index (χ1n) is 8.39. The lowest BCUT2D eigenvalue weighted by molar-refractivity contribution is 0.0696. The number of carbonyl (C=O) groups excluding carboxylic acids is 1. The average molecular weight is 394 g/mol. The number of aromatic carboxylic acids is 1. The maximum atomic E-state index is 12.4. The van der Waals surface area contributed by atoms with E-state index < -0.39 is 5.97 Å². The van der Waals surface area contributed by atoms with Crippen molar-refractivity contribution in [3.05, 3.63) is 76.7 Å². The molecule has 0 unspecified atom stereocenters. The van der Waals surface area contributed by atoms with Crippen molar-refractivity contribution in [1.29, 1.82) is 0 Å². The molecule has 0 aliphatic heterocycles. The van der Waals surface area contributed by atoms with Gasteiger partial charge >= 0.3 is 5.97 Å². The average Bonchev–Trinajstić information content (AvgIpc) is 3.26. The number of ether oxygens (including phenoxy) is 2. The standard InChI is InChI=1S/C22H18O5S/c1-26-19-13-20(27-2)17(21-4-3-11-28-21)12-16(19)9-10-18(23)14-5-7-15(8-6-14)22(24)25/h3-13H,1-2H3,(H,24,25)/b10-9+. The number of thiophene rings is 1. The Morgan fingerprint density at radius 3 is 2.21 bits per heavy atom. The SMILES string of the molecule is COc1cc(OC)c(-c2cccs2)cc1/C=C/C(=O)c1ccc(C(=O)O)cc1. The summed E-state index contributed by atoms with van der Waals surface area (Å²) in [7, 11) is 3.16. The zero-order valence-electron chi connectivity index (χ0n) is 15.3. The van der Waals surface area contributed by atoms with Crippen molar-refractivity contribution in [2.75, 3.05) is 14.2 Å². The van der Waals surface area contributed by atoms with Gasteiger partial charge in [-0.2, -0.15) is 0 Å². The van der Waals surface area contributed by atoms with Crippen molar-refractivity contribution >= 4 is 29.2 Å². The Morgan fingerprint density at radius 2 is 1.64 bits per heavy atom. The number of carboxylic acid groups (broad SMARTS) is 1. The van der Waals surface area contributed by atoms with E-state index in [1.54, 1.807) is 37.7 Å². The molecule has 6 heteroatoms. The number of allylic oxidation sites excluding steroid dienone is 1. The highest BCUT2D eigenvalue weighted by Gasteiger charge is 2.13. The maximum absolute atomic E-state index is 12.4. The first kappa shape index (κ1) is 19.4. The van der Waals surface area contributed by atoms with Gasteiger partial charge in [-0.05, 0) is 41.8 Å². The Balaban J connectivity index is 1.93. The van der Waals surface area contributed by atoms with E-state index in [1.807, 2.05) is 23.6 Å². The minimum atomic E-state index is -1.03. The molecule has 142 valence electrons. The quantitative estimate of drug-likeness (QED) is 0.450. The van der Waals surface area contributed by atoms with Gasteiger partial charge in [0.15, 0.2) is 5.78 Å². The normalized spacial score (nSPS) is 10.8. The molecule has 0 saturated heterocycles. The summed E-state index contributed by atoms with van der Waals surface area (Å²) in [5.41, 5.74) is 2.20. The van der Waals surface area contributed by atoms with Gasteiger partial charge < -0.3 is 14.6 Å². The van der Waals surface area contributed by atoms with Gasteiger partial charge in [0.05, 0.1) is 19.8 Å². The lowest BCUT2D eigenvalue weighted by Crippen LogP contribution is -1.99. The highest BCUT2D eigenvalue weighted by atomic mass is 32.1. The Morgan fingerprint density at radius 1 is 0.964 bits per heavy atom. The Bertz CT molecular complexity index is 1020. The monoisotopic (exact) mass is 394 g/mol. The van der Waals surface area contributed by atoms with Gasteiger partial charge in [0.2, 0.25) is 0 Å². The number of rotatable bonds is 7. The number of carbonyl (C=O) groups is 2. The number of methoxy groups -OCH3 is 2. The summed E-state index contributed by atoms with van der Waals surface area (Å²) in [5, 5.41) is 10.9. The van der Waals surface area contributed by atoms with Crippen LogP contribution < -0.4 is 9.47 Å². The second-order valence-electron chi connectivity index (χ2n) is 5.85. The molecule has 0 aliphatic rings. The van der Waals surface area contributed by atoms with E-state index in [1.165, 1.54) is 30.3 Å². The fraction of sp³-hybridized carbons (Fsp3) is 0.0909. The second kappa shape index (κ2) is 8.54. The predicted molar refractivity (Wildman–Crippen MR) is 110 cm³/mol. The zero-order chi connectivity index (χ0) is 20.1. The van der Waals surface area contributed by atoms with Crippen molar-refractivity contribution < 1.29 is 24.2 Å². The number of carboxylic acids is 1. The van der Waals surface area contributed by atoms with E-state index in [-0.39, 0.29) is 11.3 Å². The predicted octanol–water partition coefficient (Wildman–Crippen LogP) is 5.03. The van der Waals surface area contributed by atoms with Crippen LogP contribution in [-0.2, 0) is 0 Å². The second-order valence-corrected chi connectivity index (χ2v) is 6.80. The minimum Gasteiger partial charge on any atom is -0.496 e. The number of hydrogen-bond acceptors (Lipinski definition) is 5. The van der Waals surface area contributed by atoms with E-state index >= 15 is 0 Å². The van der Waals surface area contributed by atoms with Gasteiger partial charge in [-0.15, -0.1) is 11.3 Å². The van der Waals surface area contributed by atoms with Crippen LogP contribution in [0.5, 0.6) is 11.5 Å². The summed E-state index contributed by atoms with van der Waals surface area (Å²) < 4.78 is 10.9. The van der Waals surface area contributed by atoms with Crippen molar-refractivity contribution in [2.24, 2.45) is 0 Å². The molecule has 0 fully saturated rings. The first-order chi connectivity index (χ1) is 13.5. The van der Waals surface area contributed by atoms with Gasteiger partial charge in [-0.3, -0.25) is 4.79 Å². The molecule has 3 rings (SSSR count). The molecule has 3 aromatic rings. The summed E-state index contributed by atoms with van der Waals surface area (Å²) in [5.74, 6) is 0.0144. The van der Waals surface area contributed by atoms with Gasteiger partial charge in [-0.25, -0.2) is 4.79 Å². The van der Waals surface area contributed by atoms with Crippen LogP contribution in [0, 0.1) is 0 Å². The van der Waals surface area contributed by atoms with Crippen molar-refractivity contribution in [2.45, 2.75) is 0 Å². The van der Waals surface area contributed by atoms with Gasteiger partial charge in [0, 0.05) is 27.6 Å². The number of hydrogen-bond donors (Lipinski definition) is 1. The molecule has 0 saturated carbocycles. The summed E-state index contributed by atoms with van der Waals surface area (Å²) in [6, 6.07) is 13.5. The highest BCUT2D eigenvalue weighted by Crippen LogP contribution is 2.38. The van der Waals surface area contributed by atoms with E-state index in [0.717, 1.165) is 16.0 Å². The lowest BCUT2D eigenvalue weighted by Gasteiger charge is -2.12. The third-order valence-electron chi connectivity index (χ3n) is 4.17. The molecular formula is C22H18O5S. The van der Waals surface area contributed by atoms with Crippen LogP contribution in [0.2, 0.25) is 0 Å². The molecule has 0 aliphatic carbocycles. The van der Waals surface area contributed by atoms with Crippen LogP contribution in [0.4, 0.5) is 0 Å². The van der Waals surface area contributed by atoms with Crippen LogP contribution in [0.25, 0.3) is 16.5 Å². The smallest absolute Gasteiger partial charge is 0.335 e. The molecule has 2 aromatic carbocycles. The van der Waals surface area contributed by atoms with Crippen LogP contribution in [-0.4, -0.2) is 31.1 Å². The molecule has 0 spiro atoms. The fourth-order valence-electron chi connectivity index (χ4n) is 2.72. The minimum absolute atomic E-state index is 0.137. The van der Waals surface area contributed by atoms with E-state index in [9.17, 15) is 9.59 Å². The van der Waals surface area contributed by atoms with Gasteiger partial charge in [0.1, 0.15) is 11.5 Å². The third kappa shape index (κ3) is 4.13. The van der Waals surface area contributed by atoms with Crippen LogP contribution in [0.15, 0.2) is 60.0 Å². The lowest BCUT2D eigenvalue weighted by atomic mass is 10.0. The van der Waals surface area contributed by atoms with Crippen LogP contribution in [0.3, 0.4) is 0 Å². The molecule has 1 aromatic heterocycles. The molecule has 28 heavy (non-hydrogen) atoms. The highest BCUT2D eigenvalue weighted by molar-refractivity contribution is 7.13. The van der Waals surface area contributed by atoms with Crippen LogP contribution in [0.1, 0.15) is 26.3 Å². The van der Waals surface area contributed by atoms with Crippen molar-refractivity contribution in [3.8, 4) is 21.9 Å². The Kier molecular flexibility index (Phi) is 5.91. The summed E-state index contributed by atoms with van der Waals surface area (Å²) in [4.78, 5) is 24.4. The van der Waals surface area contributed by atoms with Crippen molar-refractivity contribution in [3.63, 3.8) is 0 Å². The molecule has 0 amide bonds. The number of ketones is 1. The largest absolute Gasteiger partial charge is 0.496 e. The summed E-state index contributed by atoms with van der Waals surface area (Å²) in [6.07, 6.45) is 3.13. The van der Waals surface area contributed by atoms with E-state index in [2.05, 4.69) is 0 Å². The van der Waals surface area contributed by atoms with E-state index in [4.69, 9.17) is 14.6 Å². The fourth-order valence-corrected chi connectivity index (χ4v) is 3.46. The first-order valence-corrected chi connectivity index (χ1v) is 9.27.